The van der Waals surface area contributed by atoms with Gasteiger partial charge in [0.05, 0.1) is 19.1 Å². The van der Waals surface area contributed by atoms with Gasteiger partial charge in [-0.1, -0.05) is 0 Å². The highest BCUT2D eigenvalue weighted by atomic mass is 16.5. The first-order chi connectivity index (χ1) is 11.0. The maximum Gasteiger partial charge on any atom is 0.227 e. The maximum absolute atomic E-state index is 12.2. The van der Waals surface area contributed by atoms with E-state index in [1.807, 2.05) is 38.1 Å². The Morgan fingerprint density at radius 1 is 1.39 bits per heavy atom. The van der Waals surface area contributed by atoms with Crippen molar-refractivity contribution in [3.63, 3.8) is 0 Å². The van der Waals surface area contributed by atoms with E-state index in [9.17, 15) is 9.59 Å². The number of hydrogen-bond acceptors (Lipinski definition) is 4. The minimum Gasteiger partial charge on any atom is -0.494 e. The number of nitrogens with zero attached hydrogens (tertiary/aromatic N) is 1. The number of hydrogen-bond donors (Lipinski definition) is 1. The smallest absolute Gasteiger partial charge is 0.227 e. The van der Waals surface area contributed by atoms with Crippen molar-refractivity contribution in [2.75, 3.05) is 31.8 Å². The van der Waals surface area contributed by atoms with E-state index in [4.69, 9.17) is 9.47 Å². The lowest BCUT2D eigenvalue weighted by Gasteiger charge is -2.18. The fourth-order valence-electron chi connectivity index (χ4n) is 2.67. The van der Waals surface area contributed by atoms with Gasteiger partial charge in [-0.25, -0.2) is 0 Å². The van der Waals surface area contributed by atoms with Gasteiger partial charge in [0.2, 0.25) is 11.8 Å². The molecule has 1 aliphatic rings. The van der Waals surface area contributed by atoms with Gasteiger partial charge in [0.15, 0.2) is 0 Å². The number of benzene rings is 1. The molecule has 0 aliphatic carbocycles. The molecule has 1 fully saturated rings. The summed E-state index contributed by atoms with van der Waals surface area (Å²) < 4.78 is 10.4. The Balaban J connectivity index is 1.97. The molecule has 2 amide bonds. The van der Waals surface area contributed by atoms with Crippen molar-refractivity contribution < 1.29 is 19.1 Å². The molecule has 0 bridgehead atoms. The second kappa shape index (κ2) is 7.97. The summed E-state index contributed by atoms with van der Waals surface area (Å²) in [6.45, 7) is 5.26. The zero-order chi connectivity index (χ0) is 16.8. The van der Waals surface area contributed by atoms with Gasteiger partial charge in [-0.3, -0.25) is 9.59 Å². The van der Waals surface area contributed by atoms with E-state index in [0.29, 0.717) is 19.8 Å². The molecule has 1 saturated heterocycles. The lowest BCUT2D eigenvalue weighted by atomic mass is 10.1. The van der Waals surface area contributed by atoms with Crippen molar-refractivity contribution in [3.05, 3.63) is 24.3 Å². The molecule has 1 aromatic rings. The van der Waals surface area contributed by atoms with Crippen LogP contribution in [-0.4, -0.2) is 44.7 Å². The highest BCUT2D eigenvalue weighted by Gasteiger charge is 2.35. The zero-order valence-electron chi connectivity index (χ0n) is 13.9. The molecule has 1 aromatic carbocycles. The van der Waals surface area contributed by atoms with Crippen molar-refractivity contribution in [2.24, 2.45) is 5.92 Å². The normalized spacial score (nSPS) is 18.8. The second-order valence-corrected chi connectivity index (χ2v) is 5.70. The minimum atomic E-state index is -0.326. The molecular formula is C17H24N2O4. The predicted octanol–water partition coefficient (Wildman–Crippen LogP) is 1.59. The molecule has 0 spiro atoms. The van der Waals surface area contributed by atoms with Crippen molar-refractivity contribution in [1.29, 1.82) is 0 Å². The summed E-state index contributed by atoms with van der Waals surface area (Å²) in [7, 11) is 1.59. The number of amides is 2. The summed E-state index contributed by atoms with van der Waals surface area (Å²) in [4.78, 5) is 26.1. The summed E-state index contributed by atoms with van der Waals surface area (Å²) in [5, 5.41) is 2.88. The Labute approximate surface area is 136 Å². The third-order valence-electron chi connectivity index (χ3n) is 3.76. The van der Waals surface area contributed by atoms with Gasteiger partial charge in [-0.15, -0.1) is 0 Å². The molecule has 6 heteroatoms. The summed E-state index contributed by atoms with van der Waals surface area (Å²) >= 11 is 0. The van der Waals surface area contributed by atoms with Gasteiger partial charge in [0.25, 0.3) is 0 Å². The van der Waals surface area contributed by atoms with E-state index in [1.165, 1.54) is 0 Å². The highest BCUT2D eigenvalue weighted by molar-refractivity contribution is 6.00. The van der Waals surface area contributed by atoms with Crippen LogP contribution in [0.4, 0.5) is 5.69 Å². The molecule has 0 radical (unpaired) electrons. The largest absolute Gasteiger partial charge is 0.494 e. The SMILES string of the molecule is CCOc1ccc(N2C[C@H](C(=O)N[C@@H](C)COC)CC2=O)cc1. The molecule has 2 atom stereocenters. The quantitative estimate of drug-likeness (QED) is 0.828. The van der Waals surface area contributed by atoms with E-state index >= 15 is 0 Å². The first-order valence-corrected chi connectivity index (χ1v) is 7.87. The van der Waals surface area contributed by atoms with Crippen molar-refractivity contribution in [3.8, 4) is 5.75 Å². The van der Waals surface area contributed by atoms with Gasteiger partial charge in [-0.2, -0.15) is 0 Å². The maximum atomic E-state index is 12.2. The lowest BCUT2D eigenvalue weighted by Crippen LogP contribution is -2.40. The fraction of sp³-hybridized carbons (Fsp3) is 0.529. The highest BCUT2D eigenvalue weighted by Crippen LogP contribution is 2.27. The molecular weight excluding hydrogens is 296 g/mol. The number of anilines is 1. The Morgan fingerprint density at radius 3 is 2.70 bits per heavy atom. The first-order valence-electron chi connectivity index (χ1n) is 7.87. The summed E-state index contributed by atoms with van der Waals surface area (Å²) in [6, 6.07) is 7.29. The Kier molecular flexibility index (Phi) is 5.98. The number of methoxy groups -OCH3 is 1. The Bertz CT molecular complexity index is 544. The summed E-state index contributed by atoms with van der Waals surface area (Å²) in [5.74, 6) is 0.309. The van der Waals surface area contributed by atoms with Crippen LogP contribution in [0.2, 0.25) is 0 Å². The van der Waals surface area contributed by atoms with Gasteiger partial charge in [0, 0.05) is 31.8 Å². The second-order valence-electron chi connectivity index (χ2n) is 5.70. The standard InChI is InChI=1S/C17H24N2O4/c1-4-23-15-7-5-14(6-8-15)19-10-13(9-16(19)20)17(21)18-12(2)11-22-3/h5-8,12-13H,4,9-11H2,1-3H3,(H,18,21)/t12-,13+/m0/s1. The first kappa shape index (κ1) is 17.3. The Hall–Kier alpha value is -2.08. The van der Waals surface area contributed by atoms with E-state index < -0.39 is 0 Å². The van der Waals surface area contributed by atoms with E-state index in [1.54, 1.807) is 12.0 Å². The molecule has 1 heterocycles. The summed E-state index contributed by atoms with van der Waals surface area (Å²) in [5.41, 5.74) is 0.790. The fourth-order valence-corrected chi connectivity index (χ4v) is 2.67. The molecule has 126 valence electrons. The number of carbonyl (C=O) groups is 2. The van der Waals surface area contributed by atoms with Crippen molar-refractivity contribution in [1.82, 2.24) is 5.32 Å². The van der Waals surface area contributed by atoms with Crippen LogP contribution in [0, 0.1) is 5.92 Å². The van der Waals surface area contributed by atoms with E-state index in [-0.39, 0.29) is 30.2 Å². The predicted molar refractivity (Wildman–Crippen MR) is 87.6 cm³/mol. The topological polar surface area (TPSA) is 67.9 Å². The van der Waals surface area contributed by atoms with Crippen LogP contribution in [0.1, 0.15) is 20.3 Å². The molecule has 1 aliphatic heterocycles. The molecule has 0 saturated carbocycles. The summed E-state index contributed by atoms with van der Waals surface area (Å²) in [6.07, 6.45) is 0.235. The van der Waals surface area contributed by atoms with Crippen LogP contribution in [0.5, 0.6) is 5.75 Å². The van der Waals surface area contributed by atoms with Gasteiger partial charge in [0.1, 0.15) is 5.75 Å². The van der Waals surface area contributed by atoms with Gasteiger partial charge in [-0.05, 0) is 38.1 Å². The third kappa shape index (κ3) is 4.45. The van der Waals surface area contributed by atoms with Crippen LogP contribution < -0.4 is 15.0 Å². The third-order valence-corrected chi connectivity index (χ3v) is 3.76. The average molecular weight is 320 g/mol. The average Bonchev–Trinajstić information content (AvgIpc) is 2.91. The van der Waals surface area contributed by atoms with Crippen LogP contribution >= 0.6 is 0 Å². The lowest BCUT2D eigenvalue weighted by molar-refractivity contribution is -0.127. The zero-order valence-corrected chi connectivity index (χ0v) is 13.9. The van der Waals surface area contributed by atoms with Crippen LogP contribution in [-0.2, 0) is 14.3 Å². The Morgan fingerprint density at radius 2 is 2.09 bits per heavy atom. The number of carbonyl (C=O) groups excluding carboxylic acids is 2. The molecule has 0 unspecified atom stereocenters. The van der Waals surface area contributed by atoms with Crippen LogP contribution in [0.3, 0.4) is 0 Å². The molecule has 23 heavy (non-hydrogen) atoms. The van der Waals surface area contributed by atoms with Crippen LogP contribution in [0.15, 0.2) is 24.3 Å². The molecule has 1 N–H and O–H groups in total. The minimum absolute atomic E-state index is 0.0336. The number of rotatable bonds is 7. The van der Waals surface area contributed by atoms with Crippen LogP contribution in [0.25, 0.3) is 0 Å². The van der Waals surface area contributed by atoms with Crippen molar-refractivity contribution >= 4 is 17.5 Å². The van der Waals surface area contributed by atoms with E-state index in [0.717, 1.165) is 11.4 Å². The van der Waals surface area contributed by atoms with E-state index in [2.05, 4.69) is 5.32 Å². The molecule has 0 aromatic heterocycles. The molecule has 2 rings (SSSR count). The molecule has 6 nitrogen and oxygen atoms in total. The van der Waals surface area contributed by atoms with Crippen molar-refractivity contribution in [2.45, 2.75) is 26.3 Å². The number of nitrogens with one attached hydrogen (secondary N) is 1. The number of ether oxygens (including phenoxy) is 2. The van der Waals surface area contributed by atoms with Gasteiger partial charge >= 0.3 is 0 Å². The van der Waals surface area contributed by atoms with Gasteiger partial charge < -0.3 is 19.7 Å². The monoisotopic (exact) mass is 320 g/mol.